The van der Waals surface area contributed by atoms with E-state index in [2.05, 4.69) is 17.0 Å². The van der Waals surface area contributed by atoms with Crippen molar-refractivity contribution in [3.05, 3.63) is 65.7 Å². The summed E-state index contributed by atoms with van der Waals surface area (Å²) in [6.45, 7) is 3.42. The van der Waals surface area contributed by atoms with Crippen molar-refractivity contribution >= 4 is 5.97 Å². The summed E-state index contributed by atoms with van der Waals surface area (Å²) in [5.41, 5.74) is 2.10. The van der Waals surface area contributed by atoms with Gasteiger partial charge in [0.25, 0.3) is 0 Å². The Morgan fingerprint density at radius 2 is 1.72 bits per heavy atom. The molecule has 2 aromatic carbocycles. The van der Waals surface area contributed by atoms with Crippen LogP contribution in [0.3, 0.4) is 0 Å². The number of rotatable bonds is 10. The van der Waals surface area contributed by atoms with Gasteiger partial charge < -0.3 is 18.9 Å². The predicted octanol–water partition coefficient (Wildman–Crippen LogP) is 3.84. The van der Waals surface area contributed by atoms with E-state index < -0.39 is 6.29 Å². The number of carbonyl (C=O) groups is 1. The Labute approximate surface area is 190 Å². The van der Waals surface area contributed by atoms with Gasteiger partial charge in [0.2, 0.25) is 0 Å². The molecule has 2 atom stereocenters. The Balaban J connectivity index is 1.47. The van der Waals surface area contributed by atoms with Crippen molar-refractivity contribution in [3.63, 3.8) is 0 Å². The summed E-state index contributed by atoms with van der Waals surface area (Å²) >= 11 is 0. The zero-order valence-electron chi connectivity index (χ0n) is 18.9. The fourth-order valence-corrected chi connectivity index (χ4v) is 4.76. The molecule has 3 aliphatic heterocycles. The molecule has 3 fully saturated rings. The normalized spacial score (nSPS) is 23.2. The molecule has 0 amide bonds. The van der Waals surface area contributed by atoms with Crippen LogP contribution in [0.15, 0.2) is 54.6 Å². The molecule has 1 unspecified atom stereocenters. The molecule has 0 radical (unpaired) electrons. The van der Waals surface area contributed by atoms with Crippen molar-refractivity contribution in [2.45, 2.75) is 37.6 Å². The monoisotopic (exact) mass is 439 g/mol. The van der Waals surface area contributed by atoms with Crippen LogP contribution in [0.5, 0.6) is 5.75 Å². The second kappa shape index (κ2) is 10.9. The number of hydrogen-bond donors (Lipinski definition) is 0. The average molecular weight is 440 g/mol. The molecule has 32 heavy (non-hydrogen) atoms. The Hall–Kier alpha value is -2.41. The van der Waals surface area contributed by atoms with Gasteiger partial charge in [0.1, 0.15) is 18.5 Å². The fourth-order valence-electron chi connectivity index (χ4n) is 4.76. The van der Waals surface area contributed by atoms with Gasteiger partial charge in [-0.25, -0.2) is 0 Å². The number of carbonyl (C=O) groups excluding carboxylic acids is 1. The molecule has 0 aromatic heterocycles. The topological polar surface area (TPSA) is 57.2 Å². The zero-order valence-corrected chi connectivity index (χ0v) is 18.9. The van der Waals surface area contributed by atoms with Crippen LogP contribution in [0.2, 0.25) is 0 Å². The molecule has 3 saturated heterocycles. The van der Waals surface area contributed by atoms with Gasteiger partial charge in [-0.05, 0) is 55.1 Å². The number of ether oxygens (including phenoxy) is 4. The van der Waals surface area contributed by atoms with Crippen molar-refractivity contribution in [2.75, 3.05) is 40.5 Å². The highest BCUT2D eigenvalue weighted by atomic mass is 16.7. The Kier molecular flexibility index (Phi) is 7.79. The SMILES string of the molecule is COC(COc1cccc(C(CC(=O)O[C@H]2CN3CCC2CC3)c2ccccc2)c1)OC. The zero-order chi connectivity index (χ0) is 22.3. The molecule has 0 N–H and O–H groups in total. The van der Waals surface area contributed by atoms with Crippen LogP contribution < -0.4 is 4.74 Å². The van der Waals surface area contributed by atoms with Crippen molar-refractivity contribution in [1.29, 1.82) is 0 Å². The highest BCUT2D eigenvalue weighted by molar-refractivity contribution is 5.72. The number of nitrogens with zero attached hydrogens (tertiary/aromatic N) is 1. The third-order valence-corrected chi connectivity index (χ3v) is 6.62. The first-order valence-corrected chi connectivity index (χ1v) is 11.4. The second-order valence-corrected chi connectivity index (χ2v) is 8.62. The van der Waals surface area contributed by atoms with Gasteiger partial charge in [-0.2, -0.15) is 0 Å². The second-order valence-electron chi connectivity index (χ2n) is 8.62. The van der Waals surface area contributed by atoms with Crippen LogP contribution in [0.25, 0.3) is 0 Å². The van der Waals surface area contributed by atoms with Gasteiger partial charge in [-0.3, -0.25) is 9.69 Å². The van der Waals surface area contributed by atoms with Crippen molar-refractivity contribution in [3.8, 4) is 5.75 Å². The maximum Gasteiger partial charge on any atom is 0.307 e. The molecular weight excluding hydrogens is 406 g/mol. The number of hydrogen-bond acceptors (Lipinski definition) is 6. The Morgan fingerprint density at radius 3 is 2.38 bits per heavy atom. The molecule has 2 bridgehead atoms. The van der Waals surface area contributed by atoms with Crippen LogP contribution in [0, 0.1) is 5.92 Å². The molecule has 5 rings (SSSR count). The molecule has 0 spiro atoms. The molecule has 3 aliphatic rings. The summed E-state index contributed by atoms with van der Waals surface area (Å²) in [6.07, 6.45) is 2.15. The lowest BCUT2D eigenvalue weighted by Crippen LogP contribution is -2.52. The van der Waals surface area contributed by atoms with Crippen LogP contribution >= 0.6 is 0 Å². The van der Waals surface area contributed by atoms with Crippen molar-refractivity contribution in [2.24, 2.45) is 5.92 Å². The molecule has 3 heterocycles. The molecule has 2 aromatic rings. The van der Waals surface area contributed by atoms with Gasteiger partial charge in [-0.1, -0.05) is 42.5 Å². The lowest BCUT2D eigenvalue weighted by Gasteiger charge is -2.44. The van der Waals surface area contributed by atoms with Crippen molar-refractivity contribution in [1.82, 2.24) is 4.90 Å². The third kappa shape index (κ3) is 5.68. The Bertz CT molecular complexity index is 862. The molecule has 172 valence electrons. The first kappa shape index (κ1) is 22.8. The highest BCUT2D eigenvalue weighted by Crippen LogP contribution is 2.33. The van der Waals surface area contributed by atoms with E-state index in [1.165, 1.54) is 0 Å². The van der Waals surface area contributed by atoms with Gasteiger partial charge in [0, 0.05) is 26.7 Å². The molecular formula is C26H33NO5. The number of benzene rings is 2. The molecule has 0 aliphatic carbocycles. The summed E-state index contributed by atoms with van der Waals surface area (Å²) in [6, 6.07) is 18.0. The van der Waals surface area contributed by atoms with Crippen LogP contribution in [0.1, 0.15) is 36.3 Å². The smallest absolute Gasteiger partial charge is 0.307 e. The van der Waals surface area contributed by atoms with Crippen molar-refractivity contribution < 1.29 is 23.7 Å². The van der Waals surface area contributed by atoms with E-state index in [4.69, 9.17) is 18.9 Å². The lowest BCUT2D eigenvalue weighted by atomic mass is 9.85. The Morgan fingerprint density at radius 1 is 1.00 bits per heavy atom. The summed E-state index contributed by atoms with van der Waals surface area (Å²) in [4.78, 5) is 15.4. The van der Waals surface area contributed by atoms with Gasteiger partial charge in [0.15, 0.2) is 6.29 Å². The maximum atomic E-state index is 13.0. The van der Waals surface area contributed by atoms with E-state index in [1.807, 2.05) is 42.5 Å². The number of methoxy groups -OCH3 is 2. The minimum absolute atomic E-state index is 0.0242. The average Bonchev–Trinajstić information content (AvgIpc) is 2.85. The van der Waals surface area contributed by atoms with E-state index in [-0.39, 0.29) is 24.6 Å². The first-order chi connectivity index (χ1) is 15.7. The third-order valence-electron chi connectivity index (χ3n) is 6.62. The molecule has 6 heteroatoms. The minimum Gasteiger partial charge on any atom is -0.488 e. The fraction of sp³-hybridized carbons (Fsp3) is 0.500. The van der Waals surface area contributed by atoms with Crippen LogP contribution in [-0.4, -0.2) is 63.7 Å². The highest BCUT2D eigenvalue weighted by Gasteiger charge is 2.36. The number of fused-ring (bicyclic) bond motifs is 3. The summed E-state index contributed by atoms with van der Waals surface area (Å²) in [5.74, 6) is 0.982. The summed E-state index contributed by atoms with van der Waals surface area (Å²) in [7, 11) is 3.17. The van der Waals surface area contributed by atoms with E-state index >= 15 is 0 Å². The number of esters is 1. The van der Waals surface area contributed by atoms with E-state index in [0.29, 0.717) is 18.1 Å². The van der Waals surface area contributed by atoms with Gasteiger partial charge in [0.05, 0.1) is 6.42 Å². The predicted molar refractivity (Wildman–Crippen MR) is 122 cm³/mol. The summed E-state index contributed by atoms with van der Waals surface area (Å²) < 4.78 is 22.3. The summed E-state index contributed by atoms with van der Waals surface area (Å²) in [5, 5.41) is 0. The molecule has 6 nitrogen and oxygen atoms in total. The van der Waals surface area contributed by atoms with Crippen LogP contribution in [0.4, 0.5) is 0 Å². The maximum absolute atomic E-state index is 13.0. The van der Waals surface area contributed by atoms with E-state index in [0.717, 1.165) is 43.6 Å². The largest absolute Gasteiger partial charge is 0.488 e. The van der Waals surface area contributed by atoms with Gasteiger partial charge in [-0.15, -0.1) is 0 Å². The van der Waals surface area contributed by atoms with E-state index in [9.17, 15) is 4.79 Å². The minimum atomic E-state index is -0.430. The van der Waals surface area contributed by atoms with Gasteiger partial charge >= 0.3 is 5.97 Å². The van der Waals surface area contributed by atoms with E-state index in [1.54, 1.807) is 14.2 Å². The number of piperidine rings is 3. The standard InChI is InChI=1S/C26H33NO5/c1-29-26(30-2)18-31-22-10-6-9-21(15-22)23(19-7-4-3-5-8-19)16-25(28)32-24-17-27-13-11-20(24)12-14-27/h3-10,15,20,23-24,26H,11-14,16-18H2,1-2H3/t23?,24-/m0/s1. The first-order valence-electron chi connectivity index (χ1n) is 11.4. The van der Waals surface area contributed by atoms with Crippen LogP contribution in [-0.2, 0) is 19.0 Å². The quantitative estimate of drug-likeness (QED) is 0.414. The lowest BCUT2D eigenvalue weighted by molar-refractivity contribution is -0.159. The molecule has 0 saturated carbocycles.